The van der Waals surface area contributed by atoms with Gasteiger partial charge in [-0.2, -0.15) is 0 Å². The van der Waals surface area contributed by atoms with Gasteiger partial charge in [-0.05, 0) is 88.9 Å². The van der Waals surface area contributed by atoms with Gasteiger partial charge in [0.05, 0.1) is 18.3 Å². The second-order valence-corrected chi connectivity index (χ2v) is 11.2. The molecule has 5 rings (SSSR count). The average molecular weight is 569 g/mol. The van der Waals surface area contributed by atoms with Crippen LogP contribution in [0.1, 0.15) is 63.5 Å². The minimum atomic E-state index is -0.928. The van der Waals surface area contributed by atoms with Gasteiger partial charge < -0.3 is 14.7 Å². The topological polar surface area (TPSA) is 49.8 Å². The lowest BCUT2D eigenvalue weighted by Crippen LogP contribution is -2.49. The Morgan fingerprint density at radius 2 is 1.79 bits per heavy atom. The molecule has 1 unspecified atom stereocenters. The molecule has 1 fully saturated rings. The number of rotatable bonds is 9. The molecule has 0 spiro atoms. The molecule has 204 valence electrons. The summed E-state index contributed by atoms with van der Waals surface area (Å²) in [5, 5.41) is 10.8. The summed E-state index contributed by atoms with van der Waals surface area (Å²) in [4.78, 5) is 14.0. The Hall–Kier alpha value is -2.70. The highest BCUT2D eigenvalue weighted by atomic mass is 35.5. The van der Waals surface area contributed by atoms with Crippen molar-refractivity contribution >= 4 is 40.3 Å². The highest BCUT2D eigenvalue weighted by molar-refractivity contribution is 6.36. The molecule has 1 heterocycles. The molecule has 3 aromatic rings. The van der Waals surface area contributed by atoms with Crippen molar-refractivity contribution < 1.29 is 19.0 Å². The second-order valence-electron chi connectivity index (χ2n) is 10.3. The fourth-order valence-electron chi connectivity index (χ4n) is 5.96. The van der Waals surface area contributed by atoms with E-state index in [0.29, 0.717) is 27.9 Å². The highest BCUT2D eigenvalue weighted by Gasteiger charge is 2.34. The highest BCUT2D eigenvalue weighted by Crippen LogP contribution is 2.43. The lowest BCUT2D eigenvalue weighted by atomic mass is 9.85. The van der Waals surface area contributed by atoms with Crippen LogP contribution in [0.15, 0.2) is 60.7 Å². The van der Waals surface area contributed by atoms with Crippen LogP contribution >= 0.6 is 23.2 Å². The number of carbonyl (C=O) groups is 1. The van der Waals surface area contributed by atoms with E-state index in [4.69, 9.17) is 27.9 Å². The third-order valence-corrected chi connectivity index (χ3v) is 8.40. The maximum atomic E-state index is 12.5. The molecule has 0 radical (unpaired) electrons. The van der Waals surface area contributed by atoms with Crippen LogP contribution in [-0.2, 0) is 11.2 Å². The van der Waals surface area contributed by atoms with E-state index in [1.54, 1.807) is 25.3 Å². The number of aryl methyl sites for hydroxylation is 1. The number of hydrogen-bond donors (Lipinski definition) is 1. The van der Waals surface area contributed by atoms with Crippen molar-refractivity contribution in [1.29, 1.82) is 0 Å². The summed E-state index contributed by atoms with van der Waals surface area (Å²) < 4.78 is 18.5. The molecule has 1 atom stereocenters. The molecular weight excluding hydrogens is 536 g/mol. The zero-order chi connectivity index (χ0) is 27.5. The Labute approximate surface area is 239 Å². The van der Waals surface area contributed by atoms with Crippen LogP contribution in [0, 0.1) is 5.92 Å². The van der Waals surface area contributed by atoms with E-state index >= 15 is 0 Å². The molecule has 39 heavy (non-hydrogen) atoms. The Morgan fingerprint density at radius 1 is 1.05 bits per heavy atom. The molecule has 1 aliphatic carbocycles. The number of allylic oxidation sites excluding steroid dienone is 1. The minimum absolute atomic E-state index is 0.0284. The van der Waals surface area contributed by atoms with E-state index in [2.05, 4.69) is 29.2 Å². The van der Waals surface area contributed by atoms with Crippen molar-refractivity contribution in [2.75, 3.05) is 33.4 Å². The van der Waals surface area contributed by atoms with Crippen LogP contribution in [0.25, 0.3) is 11.1 Å². The van der Waals surface area contributed by atoms with E-state index in [9.17, 15) is 14.3 Å². The number of carboxylic acid groups (broad SMARTS) is 1. The maximum Gasteiger partial charge on any atom is 0.335 e. The molecular formula is C32H32Cl2FNO3. The molecule has 0 saturated carbocycles. The molecule has 0 amide bonds. The fraction of sp³-hybridized carbons (Fsp3) is 0.344. The molecule has 0 bridgehead atoms. The van der Waals surface area contributed by atoms with Gasteiger partial charge in [-0.1, -0.05) is 59.6 Å². The Kier molecular flexibility index (Phi) is 8.73. The summed E-state index contributed by atoms with van der Waals surface area (Å²) in [5.74, 6) is -0.557. The predicted octanol–water partition coefficient (Wildman–Crippen LogP) is 7.97. The van der Waals surface area contributed by atoms with Crippen molar-refractivity contribution in [1.82, 2.24) is 4.90 Å². The minimum Gasteiger partial charge on any atom is -0.478 e. The molecule has 1 aliphatic heterocycles. The maximum absolute atomic E-state index is 12.5. The van der Waals surface area contributed by atoms with Crippen LogP contribution in [0.3, 0.4) is 0 Å². The zero-order valence-electron chi connectivity index (χ0n) is 21.9. The summed E-state index contributed by atoms with van der Waals surface area (Å²) in [6, 6.07) is 19.5. The van der Waals surface area contributed by atoms with Gasteiger partial charge in [-0.3, -0.25) is 4.39 Å². The molecule has 1 N–H and O–H groups in total. The smallest absolute Gasteiger partial charge is 0.335 e. The first-order valence-corrected chi connectivity index (χ1v) is 14.1. The normalized spacial score (nSPS) is 16.9. The summed E-state index contributed by atoms with van der Waals surface area (Å²) in [5.41, 5.74) is 7.61. The lowest BCUT2D eigenvalue weighted by molar-refractivity contribution is -0.0309. The molecule has 3 aromatic carbocycles. The molecule has 1 saturated heterocycles. The van der Waals surface area contributed by atoms with Crippen molar-refractivity contribution in [2.45, 2.75) is 31.8 Å². The number of aromatic carboxylic acids is 1. The first-order valence-electron chi connectivity index (χ1n) is 13.4. The van der Waals surface area contributed by atoms with Crippen LogP contribution in [-0.4, -0.2) is 49.4 Å². The first-order chi connectivity index (χ1) is 18.9. The standard InChI is InChI=1S/C32H32Cl2FNO3/c1-39-31(24-18-36(19-24)15-3-14-35)21-8-6-20(7-9-21)30-26-12-10-23(32(37)38)16-22(26)4-2-5-28(30)27-13-11-25(33)17-29(27)34/h6-13,16-17,24,31H,2-5,14-15,18-19H2,1H3,(H,37,38). The molecule has 4 nitrogen and oxygen atoms in total. The summed E-state index contributed by atoms with van der Waals surface area (Å²) in [6.45, 7) is 2.32. The monoisotopic (exact) mass is 567 g/mol. The van der Waals surface area contributed by atoms with Gasteiger partial charge in [0.2, 0.25) is 0 Å². The van der Waals surface area contributed by atoms with Gasteiger partial charge in [0.1, 0.15) is 0 Å². The van der Waals surface area contributed by atoms with Gasteiger partial charge in [-0.25, -0.2) is 4.79 Å². The SMILES string of the molecule is COC(c1ccc(C2=C(c3ccc(Cl)cc3Cl)CCCc3cc(C(=O)O)ccc32)cc1)C1CN(CCCF)C1. The number of halogens is 3. The Bertz CT molecular complexity index is 1380. The number of ether oxygens (including phenoxy) is 1. The number of methoxy groups -OCH3 is 1. The Morgan fingerprint density at radius 3 is 2.46 bits per heavy atom. The van der Waals surface area contributed by atoms with Crippen molar-refractivity contribution in [3.8, 4) is 0 Å². The van der Waals surface area contributed by atoms with E-state index in [-0.39, 0.29) is 12.8 Å². The third kappa shape index (κ3) is 5.92. The molecule has 7 heteroatoms. The summed E-state index contributed by atoms with van der Waals surface area (Å²) >= 11 is 12.9. The van der Waals surface area contributed by atoms with E-state index in [0.717, 1.165) is 77.9 Å². The number of hydrogen-bond acceptors (Lipinski definition) is 3. The van der Waals surface area contributed by atoms with Crippen molar-refractivity contribution in [3.05, 3.63) is 104 Å². The number of benzene rings is 3. The first kappa shape index (κ1) is 27.9. The average Bonchev–Trinajstić information content (AvgIpc) is 3.09. The lowest BCUT2D eigenvalue weighted by Gasteiger charge is -2.43. The van der Waals surface area contributed by atoms with E-state index in [1.165, 1.54) is 0 Å². The van der Waals surface area contributed by atoms with Crippen molar-refractivity contribution in [2.24, 2.45) is 5.92 Å². The summed E-state index contributed by atoms with van der Waals surface area (Å²) in [7, 11) is 1.74. The van der Waals surface area contributed by atoms with Gasteiger partial charge in [0.15, 0.2) is 0 Å². The van der Waals surface area contributed by atoms with Crippen LogP contribution in [0.4, 0.5) is 4.39 Å². The largest absolute Gasteiger partial charge is 0.478 e. The number of fused-ring (bicyclic) bond motifs is 1. The third-order valence-electron chi connectivity index (χ3n) is 7.86. The predicted molar refractivity (Wildman–Crippen MR) is 155 cm³/mol. The van der Waals surface area contributed by atoms with Crippen molar-refractivity contribution in [3.63, 3.8) is 0 Å². The molecule has 0 aromatic heterocycles. The number of carboxylic acids is 1. The van der Waals surface area contributed by atoms with Crippen LogP contribution in [0.5, 0.6) is 0 Å². The van der Waals surface area contributed by atoms with Gasteiger partial charge in [0.25, 0.3) is 0 Å². The van der Waals surface area contributed by atoms with Crippen LogP contribution in [0.2, 0.25) is 10.0 Å². The number of alkyl halides is 1. The van der Waals surface area contributed by atoms with Gasteiger partial charge in [-0.15, -0.1) is 0 Å². The second kappa shape index (κ2) is 12.2. The van der Waals surface area contributed by atoms with E-state index in [1.807, 2.05) is 18.2 Å². The summed E-state index contributed by atoms with van der Waals surface area (Å²) in [6.07, 6.45) is 2.99. The molecule has 2 aliphatic rings. The van der Waals surface area contributed by atoms with Gasteiger partial charge >= 0.3 is 5.97 Å². The zero-order valence-corrected chi connectivity index (χ0v) is 23.4. The Balaban J connectivity index is 1.55. The number of nitrogens with zero attached hydrogens (tertiary/aromatic N) is 1. The van der Waals surface area contributed by atoms with E-state index < -0.39 is 5.97 Å². The fourth-order valence-corrected chi connectivity index (χ4v) is 6.48. The van der Waals surface area contributed by atoms with Gasteiger partial charge in [0, 0.05) is 42.7 Å². The number of likely N-dealkylation sites (tertiary alicyclic amines) is 1. The quantitative estimate of drug-likeness (QED) is 0.285. The van der Waals surface area contributed by atoms with Crippen LogP contribution < -0.4 is 0 Å².